The van der Waals surface area contributed by atoms with Crippen LogP contribution >= 0.6 is 38.9 Å². The molecule has 0 saturated carbocycles. The number of sulfone groups is 1. The molecule has 0 unspecified atom stereocenters. The van der Waals surface area contributed by atoms with Crippen molar-refractivity contribution in [2.45, 2.75) is 4.90 Å². The summed E-state index contributed by atoms with van der Waals surface area (Å²) in [6.45, 7) is 0. The number of thiophene rings is 1. The summed E-state index contributed by atoms with van der Waals surface area (Å²) in [7, 11) is -3.66. The SMILES string of the molecule is O=C(CS(=O)(=O)c1cccc(Cl)c1)c1ccc(Br)s1. The third kappa shape index (κ3) is 3.66. The number of ketones is 1. The maximum atomic E-state index is 12.1. The number of rotatable bonds is 4. The molecule has 1 aromatic carbocycles. The highest BCUT2D eigenvalue weighted by molar-refractivity contribution is 9.11. The second-order valence-corrected chi connectivity index (χ2v) is 8.63. The molecule has 0 aliphatic carbocycles. The molecule has 0 aliphatic heterocycles. The first-order chi connectivity index (χ1) is 8.88. The zero-order valence-electron chi connectivity index (χ0n) is 9.47. The molecule has 0 aliphatic rings. The van der Waals surface area contributed by atoms with Gasteiger partial charge in [0.1, 0.15) is 5.75 Å². The molecule has 0 bridgehead atoms. The van der Waals surface area contributed by atoms with Crippen LogP contribution in [0.2, 0.25) is 5.02 Å². The van der Waals surface area contributed by atoms with Gasteiger partial charge in [0, 0.05) is 5.02 Å². The van der Waals surface area contributed by atoms with Gasteiger partial charge in [-0.2, -0.15) is 0 Å². The van der Waals surface area contributed by atoms with Crippen molar-refractivity contribution in [3.8, 4) is 0 Å². The lowest BCUT2D eigenvalue weighted by atomic mass is 10.3. The van der Waals surface area contributed by atoms with E-state index in [0.29, 0.717) is 9.90 Å². The van der Waals surface area contributed by atoms with E-state index >= 15 is 0 Å². The number of hydrogen-bond donors (Lipinski definition) is 0. The first kappa shape index (κ1) is 14.7. The van der Waals surface area contributed by atoms with Crippen molar-refractivity contribution < 1.29 is 13.2 Å². The molecule has 0 amide bonds. The van der Waals surface area contributed by atoms with Crippen LogP contribution < -0.4 is 0 Å². The van der Waals surface area contributed by atoms with Gasteiger partial charge in [-0.05, 0) is 46.3 Å². The highest BCUT2D eigenvalue weighted by atomic mass is 79.9. The largest absolute Gasteiger partial charge is 0.292 e. The van der Waals surface area contributed by atoms with E-state index in [2.05, 4.69) is 15.9 Å². The van der Waals surface area contributed by atoms with Gasteiger partial charge in [0.2, 0.25) is 0 Å². The van der Waals surface area contributed by atoms with Crippen molar-refractivity contribution in [3.63, 3.8) is 0 Å². The molecule has 19 heavy (non-hydrogen) atoms. The Morgan fingerprint density at radius 3 is 2.58 bits per heavy atom. The second kappa shape index (κ2) is 5.75. The highest BCUT2D eigenvalue weighted by Crippen LogP contribution is 2.24. The fraction of sp³-hybridized carbons (Fsp3) is 0.0833. The van der Waals surface area contributed by atoms with Crippen LogP contribution in [0.15, 0.2) is 45.1 Å². The van der Waals surface area contributed by atoms with Gasteiger partial charge in [-0.3, -0.25) is 4.79 Å². The second-order valence-electron chi connectivity index (χ2n) is 3.74. The molecular weight excluding hydrogens is 372 g/mol. The molecule has 2 aromatic rings. The lowest BCUT2D eigenvalue weighted by molar-refractivity contribution is 0.102. The zero-order valence-corrected chi connectivity index (χ0v) is 13.4. The topological polar surface area (TPSA) is 51.2 Å². The third-order valence-electron chi connectivity index (χ3n) is 2.32. The molecule has 0 N–H and O–H groups in total. The summed E-state index contributed by atoms with van der Waals surface area (Å²) in [4.78, 5) is 12.4. The fourth-order valence-electron chi connectivity index (χ4n) is 1.45. The van der Waals surface area contributed by atoms with Crippen LogP contribution in [-0.4, -0.2) is 20.0 Å². The normalized spacial score (nSPS) is 11.5. The van der Waals surface area contributed by atoms with Gasteiger partial charge in [-0.25, -0.2) is 8.42 Å². The molecule has 2 rings (SSSR count). The lowest BCUT2D eigenvalue weighted by Crippen LogP contribution is -2.15. The minimum Gasteiger partial charge on any atom is -0.292 e. The number of benzene rings is 1. The van der Waals surface area contributed by atoms with Crippen LogP contribution in [0.25, 0.3) is 0 Å². The molecule has 0 radical (unpaired) electrons. The number of carbonyl (C=O) groups excluding carboxylic acids is 1. The van der Waals surface area contributed by atoms with Gasteiger partial charge >= 0.3 is 0 Å². The van der Waals surface area contributed by atoms with Gasteiger partial charge in [-0.1, -0.05) is 17.7 Å². The Balaban J connectivity index is 2.25. The Morgan fingerprint density at radius 2 is 2.00 bits per heavy atom. The zero-order chi connectivity index (χ0) is 14.0. The maximum absolute atomic E-state index is 12.1. The van der Waals surface area contributed by atoms with E-state index in [0.717, 1.165) is 3.79 Å². The molecule has 1 aromatic heterocycles. The molecule has 3 nitrogen and oxygen atoms in total. The Bertz CT molecular complexity index is 722. The Hall–Kier alpha value is -0.690. The fourth-order valence-corrected chi connectivity index (χ4v) is 4.38. The molecule has 1 heterocycles. The van der Waals surface area contributed by atoms with Crippen LogP contribution in [0.5, 0.6) is 0 Å². The van der Waals surface area contributed by atoms with E-state index < -0.39 is 21.4 Å². The van der Waals surface area contributed by atoms with E-state index in [1.807, 2.05) is 0 Å². The average Bonchev–Trinajstić information content (AvgIpc) is 2.75. The minimum absolute atomic E-state index is 0.0592. The molecule has 7 heteroatoms. The van der Waals surface area contributed by atoms with Gasteiger partial charge in [0.05, 0.1) is 13.6 Å². The molecule has 100 valence electrons. The highest BCUT2D eigenvalue weighted by Gasteiger charge is 2.21. The van der Waals surface area contributed by atoms with Crippen molar-refractivity contribution in [1.82, 2.24) is 0 Å². The smallest absolute Gasteiger partial charge is 0.188 e. The number of carbonyl (C=O) groups is 1. The Morgan fingerprint density at radius 1 is 1.26 bits per heavy atom. The lowest BCUT2D eigenvalue weighted by Gasteiger charge is -2.03. The standard InChI is InChI=1S/C12H8BrClO3S2/c13-12-5-4-11(18-12)10(15)7-19(16,17)9-3-1-2-8(14)6-9/h1-6H,7H2. The predicted molar refractivity (Wildman–Crippen MR) is 79.9 cm³/mol. The van der Waals surface area contributed by atoms with Crippen molar-refractivity contribution >= 4 is 54.5 Å². The summed E-state index contributed by atoms with van der Waals surface area (Å²) in [5.41, 5.74) is 0. The first-order valence-corrected chi connectivity index (χ1v) is 8.79. The van der Waals surface area contributed by atoms with E-state index in [9.17, 15) is 13.2 Å². The summed E-state index contributed by atoms with van der Waals surface area (Å²) in [6, 6.07) is 9.21. The monoisotopic (exact) mass is 378 g/mol. The minimum atomic E-state index is -3.66. The Labute approximate surface area is 128 Å². The van der Waals surface area contributed by atoms with Gasteiger partial charge in [-0.15, -0.1) is 11.3 Å². The summed E-state index contributed by atoms with van der Waals surface area (Å²) >= 11 is 10.2. The summed E-state index contributed by atoms with van der Waals surface area (Å²) in [5, 5.41) is 0.326. The number of halogens is 2. The van der Waals surface area contributed by atoms with Crippen LogP contribution in [-0.2, 0) is 9.84 Å². The van der Waals surface area contributed by atoms with Crippen LogP contribution in [0.4, 0.5) is 0 Å². The van der Waals surface area contributed by atoms with E-state index in [1.54, 1.807) is 24.3 Å². The Kier molecular flexibility index (Phi) is 4.45. The molecule has 0 atom stereocenters. The first-order valence-electron chi connectivity index (χ1n) is 5.15. The number of Topliss-reactive ketones (excluding diaryl/α,β-unsaturated/α-hetero) is 1. The van der Waals surface area contributed by atoms with E-state index in [4.69, 9.17) is 11.6 Å². The van der Waals surface area contributed by atoms with Crippen LogP contribution in [0, 0.1) is 0 Å². The van der Waals surface area contributed by atoms with Crippen molar-refractivity contribution in [2.75, 3.05) is 5.75 Å². The molecule has 0 fully saturated rings. The summed E-state index contributed by atoms with van der Waals surface area (Å²) < 4.78 is 25.0. The van der Waals surface area contributed by atoms with Gasteiger partial charge in [0.15, 0.2) is 15.6 Å². The molecule has 0 spiro atoms. The van der Waals surface area contributed by atoms with Crippen LogP contribution in [0.3, 0.4) is 0 Å². The van der Waals surface area contributed by atoms with E-state index in [-0.39, 0.29) is 4.90 Å². The van der Waals surface area contributed by atoms with Crippen molar-refractivity contribution in [3.05, 3.63) is 50.1 Å². The number of hydrogen-bond acceptors (Lipinski definition) is 4. The van der Waals surface area contributed by atoms with Crippen LogP contribution in [0.1, 0.15) is 9.67 Å². The maximum Gasteiger partial charge on any atom is 0.188 e. The third-order valence-corrected chi connectivity index (χ3v) is 5.84. The van der Waals surface area contributed by atoms with E-state index in [1.165, 1.54) is 23.5 Å². The van der Waals surface area contributed by atoms with Crippen molar-refractivity contribution in [2.24, 2.45) is 0 Å². The quantitative estimate of drug-likeness (QED) is 0.759. The van der Waals surface area contributed by atoms with Gasteiger partial charge < -0.3 is 0 Å². The summed E-state index contributed by atoms with van der Waals surface area (Å²) in [5.74, 6) is -0.976. The van der Waals surface area contributed by atoms with Crippen molar-refractivity contribution in [1.29, 1.82) is 0 Å². The average molecular weight is 380 g/mol. The summed E-state index contributed by atoms with van der Waals surface area (Å²) in [6.07, 6.45) is 0. The van der Waals surface area contributed by atoms with Gasteiger partial charge in [0.25, 0.3) is 0 Å². The molecule has 0 saturated heterocycles. The predicted octanol–water partition coefficient (Wildman–Crippen LogP) is 3.82. The molecular formula is C12H8BrClO3S2.